The maximum Gasteiger partial charge on any atom is 0.310 e. The Labute approximate surface area is 116 Å². The largest absolute Gasteiger partial charge is 0.487 e. The highest BCUT2D eigenvalue weighted by atomic mass is 35.5. The average Bonchev–Trinajstić information content (AvgIpc) is 2.29. The summed E-state index contributed by atoms with van der Waals surface area (Å²) in [5.74, 6) is 0.935. The average molecular weight is 290 g/mol. The normalized spacial score (nSPS) is 12.2. The number of hydrogen-bond acceptors (Lipinski definition) is 4. The van der Waals surface area contributed by atoms with E-state index in [4.69, 9.17) is 16.3 Å². The lowest BCUT2D eigenvalue weighted by Crippen LogP contribution is -1.99. The number of nitrogens with zero attached hydrogens (tertiary/aromatic N) is 1. The molecule has 0 heterocycles. The van der Waals surface area contributed by atoms with Crippen molar-refractivity contribution in [1.82, 2.24) is 0 Å². The number of rotatable bonds is 7. The van der Waals surface area contributed by atoms with Crippen LogP contribution in [0.1, 0.15) is 20.3 Å². The van der Waals surface area contributed by atoms with Gasteiger partial charge in [-0.25, -0.2) is 0 Å². The Hall–Kier alpha value is -0.940. The van der Waals surface area contributed by atoms with Gasteiger partial charge in [-0.15, -0.1) is 23.4 Å². The van der Waals surface area contributed by atoms with Crippen molar-refractivity contribution >= 4 is 29.1 Å². The van der Waals surface area contributed by atoms with E-state index in [2.05, 4.69) is 6.92 Å². The summed E-state index contributed by atoms with van der Waals surface area (Å²) >= 11 is 7.32. The fourth-order valence-corrected chi connectivity index (χ4v) is 2.91. The van der Waals surface area contributed by atoms with Crippen molar-refractivity contribution < 1.29 is 9.66 Å². The van der Waals surface area contributed by atoms with Gasteiger partial charge in [-0.05, 0) is 19.4 Å². The topological polar surface area (TPSA) is 52.4 Å². The third kappa shape index (κ3) is 4.38. The molecule has 0 radical (unpaired) electrons. The monoisotopic (exact) mass is 289 g/mol. The van der Waals surface area contributed by atoms with E-state index >= 15 is 0 Å². The molecule has 1 rings (SSSR count). The zero-order valence-corrected chi connectivity index (χ0v) is 12.0. The number of hydrogen-bond donors (Lipinski definition) is 0. The summed E-state index contributed by atoms with van der Waals surface area (Å²) in [7, 11) is 0. The summed E-state index contributed by atoms with van der Waals surface area (Å²) < 4.78 is 5.30. The van der Waals surface area contributed by atoms with Crippen LogP contribution in [0.4, 0.5) is 5.69 Å². The maximum atomic E-state index is 10.8. The van der Waals surface area contributed by atoms with Crippen LogP contribution in [0.3, 0.4) is 0 Å². The fourth-order valence-electron chi connectivity index (χ4n) is 1.43. The van der Waals surface area contributed by atoms with Crippen LogP contribution in [0.25, 0.3) is 0 Å². The first-order valence-corrected chi connectivity index (χ1v) is 7.13. The van der Waals surface area contributed by atoms with Crippen LogP contribution in [0, 0.1) is 10.1 Å². The Bertz CT molecular complexity index is 414. The van der Waals surface area contributed by atoms with E-state index in [-0.39, 0.29) is 5.69 Å². The van der Waals surface area contributed by atoms with Crippen molar-refractivity contribution in [2.24, 2.45) is 0 Å². The van der Waals surface area contributed by atoms with E-state index in [0.29, 0.717) is 23.5 Å². The lowest BCUT2D eigenvalue weighted by molar-refractivity contribution is -0.385. The Kier molecular flexibility index (Phi) is 6.29. The first-order chi connectivity index (χ1) is 8.58. The van der Waals surface area contributed by atoms with E-state index in [1.807, 2.05) is 0 Å². The van der Waals surface area contributed by atoms with E-state index in [1.165, 1.54) is 6.07 Å². The van der Waals surface area contributed by atoms with Crippen LogP contribution in [-0.2, 0) is 0 Å². The van der Waals surface area contributed by atoms with Crippen LogP contribution in [-0.4, -0.2) is 22.7 Å². The number of benzene rings is 1. The molecule has 0 aromatic heterocycles. The first-order valence-electron chi connectivity index (χ1n) is 5.72. The molecule has 0 aliphatic heterocycles. The molecule has 0 fully saturated rings. The molecule has 0 saturated heterocycles. The number of halogens is 1. The highest BCUT2D eigenvalue weighted by molar-refractivity contribution is 7.99. The molecule has 1 aromatic rings. The van der Waals surface area contributed by atoms with Gasteiger partial charge in [0.2, 0.25) is 0 Å². The van der Waals surface area contributed by atoms with Crippen LogP contribution in [0.15, 0.2) is 23.1 Å². The molecule has 100 valence electrons. The lowest BCUT2D eigenvalue weighted by Gasteiger charge is -2.11. The third-order valence-corrected chi connectivity index (χ3v) is 3.66. The van der Waals surface area contributed by atoms with E-state index in [1.54, 1.807) is 30.8 Å². The number of thioether (sulfide) groups is 1. The molecule has 0 N–H and O–H groups in total. The molecule has 0 amide bonds. The molecule has 1 unspecified atom stereocenters. The van der Waals surface area contributed by atoms with Crippen LogP contribution < -0.4 is 4.74 Å². The van der Waals surface area contributed by atoms with Crippen molar-refractivity contribution in [3.05, 3.63) is 28.3 Å². The van der Waals surface area contributed by atoms with E-state index < -0.39 is 4.92 Å². The summed E-state index contributed by atoms with van der Waals surface area (Å²) in [5, 5.41) is 11.2. The molecule has 0 saturated carbocycles. The zero-order chi connectivity index (χ0) is 13.5. The molecule has 1 aromatic carbocycles. The van der Waals surface area contributed by atoms with Crippen LogP contribution in [0.2, 0.25) is 0 Å². The molecular weight excluding hydrogens is 274 g/mol. The molecular formula is C12H16ClNO3S. The summed E-state index contributed by atoms with van der Waals surface area (Å²) in [6.07, 6.45) is 0.896. The molecule has 1 atom stereocenters. The van der Waals surface area contributed by atoms with Gasteiger partial charge in [-0.2, -0.15) is 0 Å². The second-order valence-electron chi connectivity index (χ2n) is 3.73. The van der Waals surface area contributed by atoms with Gasteiger partial charge in [-0.3, -0.25) is 10.1 Å². The molecule has 0 aliphatic carbocycles. The maximum absolute atomic E-state index is 10.8. The number of ether oxygens (including phenoxy) is 1. The Balaban J connectivity index is 2.88. The highest BCUT2D eigenvalue weighted by Gasteiger charge is 2.16. The molecule has 6 heteroatoms. The van der Waals surface area contributed by atoms with Gasteiger partial charge in [0.15, 0.2) is 5.75 Å². The van der Waals surface area contributed by atoms with Gasteiger partial charge < -0.3 is 4.74 Å². The highest BCUT2D eigenvalue weighted by Crippen LogP contribution is 2.34. The van der Waals surface area contributed by atoms with Crippen molar-refractivity contribution in [3.63, 3.8) is 0 Å². The minimum Gasteiger partial charge on any atom is -0.487 e. The number of alkyl halides is 1. The van der Waals surface area contributed by atoms with Gasteiger partial charge in [0.1, 0.15) is 0 Å². The Morgan fingerprint density at radius 3 is 2.83 bits per heavy atom. The van der Waals surface area contributed by atoms with Crippen molar-refractivity contribution in [2.45, 2.75) is 30.4 Å². The van der Waals surface area contributed by atoms with Crippen molar-refractivity contribution in [2.75, 3.05) is 12.5 Å². The molecule has 0 bridgehead atoms. The Morgan fingerprint density at radius 2 is 2.28 bits per heavy atom. The molecule has 0 spiro atoms. The molecule has 4 nitrogen and oxygen atoms in total. The van der Waals surface area contributed by atoms with Crippen molar-refractivity contribution in [3.8, 4) is 5.75 Å². The summed E-state index contributed by atoms with van der Waals surface area (Å²) in [4.78, 5) is 11.4. The molecule has 0 aliphatic rings. The number of nitro groups is 1. The fraction of sp³-hybridized carbons (Fsp3) is 0.500. The predicted octanol–water partition coefficient (Wildman–Crippen LogP) is 4.10. The summed E-state index contributed by atoms with van der Waals surface area (Å²) in [6.45, 7) is 4.29. The van der Waals surface area contributed by atoms with E-state index in [9.17, 15) is 10.1 Å². The van der Waals surface area contributed by atoms with Gasteiger partial charge >= 0.3 is 5.69 Å². The zero-order valence-electron chi connectivity index (χ0n) is 10.4. The quantitative estimate of drug-likeness (QED) is 0.328. The van der Waals surface area contributed by atoms with Crippen LogP contribution in [0.5, 0.6) is 5.75 Å². The SMILES string of the molecule is CCOc1cc(SC(C)CCCl)ccc1[N+](=O)[O-]. The minimum absolute atomic E-state index is 0.00574. The summed E-state index contributed by atoms with van der Waals surface area (Å²) in [6, 6.07) is 4.95. The first kappa shape index (κ1) is 15.1. The second kappa shape index (κ2) is 7.48. The minimum atomic E-state index is -0.429. The second-order valence-corrected chi connectivity index (χ2v) is 5.62. The third-order valence-electron chi connectivity index (χ3n) is 2.28. The van der Waals surface area contributed by atoms with Gasteiger partial charge in [0.25, 0.3) is 0 Å². The summed E-state index contributed by atoms with van der Waals surface area (Å²) in [5.41, 5.74) is 0.00574. The van der Waals surface area contributed by atoms with Crippen molar-refractivity contribution in [1.29, 1.82) is 0 Å². The standard InChI is InChI=1S/C12H16ClNO3S/c1-3-17-12-8-10(18-9(2)6-7-13)4-5-11(12)14(15)16/h4-5,8-9H,3,6-7H2,1-2H3. The van der Waals surface area contributed by atoms with Gasteiger partial charge in [0, 0.05) is 28.2 Å². The Morgan fingerprint density at radius 1 is 1.56 bits per heavy atom. The lowest BCUT2D eigenvalue weighted by atomic mass is 10.3. The van der Waals surface area contributed by atoms with Gasteiger partial charge in [0.05, 0.1) is 11.5 Å². The van der Waals surface area contributed by atoms with Gasteiger partial charge in [-0.1, -0.05) is 6.92 Å². The molecule has 18 heavy (non-hydrogen) atoms. The predicted molar refractivity (Wildman–Crippen MR) is 74.9 cm³/mol. The van der Waals surface area contributed by atoms with Crippen LogP contribution >= 0.6 is 23.4 Å². The van der Waals surface area contributed by atoms with E-state index in [0.717, 1.165) is 11.3 Å². The smallest absolute Gasteiger partial charge is 0.310 e. The number of nitro benzene ring substituents is 1.